The van der Waals surface area contributed by atoms with Crippen molar-refractivity contribution in [1.29, 1.82) is 0 Å². The topological polar surface area (TPSA) is 38.9 Å². The van der Waals surface area contributed by atoms with Gasteiger partial charge in [-0.25, -0.2) is 9.97 Å². The molecule has 0 fully saturated rings. The van der Waals surface area contributed by atoms with Crippen molar-refractivity contribution in [1.82, 2.24) is 9.97 Å². The maximum atomic E-state index is 6.22. The molecular formula is C59H40N2O. The van der Waals surface area contributed by atoms with Crippen LogP contribution in [0, 0.1) is 0 Å². The molecule has 0 bridgehead atoms. The second-order valence-electron chi connectivity index (χ2n) is 17.0. The van der Waals surface area contributed by atoms with Crippen molar-refractivity contribution in [2.75, 3.05) is 0 Å². The highest BCUT2D eigenvalue weighted by molar-refractivity contribution is 6.06. The van der Waals surface area contributed by atoms with E-state index in [-0.39, 0.29) is 5.41 Å². The molecule has 0 unspecified atom stereocenters. The highest BCUT2D eigenvalue weighted by Crippen LogP contribution is 2.53. The Hall–Kier alpha value is -7.88. The molecule has 62 heavy (non-hydrogen) atoms. The lowest BCUT2D eigenvalue weighted by atomic mass is 9.81. The van der Waals surface area contributed by atoms with Crippen molar-refractivity contribution in [3.63, 3.8) is 0 Å². The average Bonchev–Trinajstić information content (AvgIpc) is 3.82. The van der Waals surface area contributed by atoms with E-state index in [2.05, 4.69) is 190 Å². The summed E-state index contributed by atoms with van der Waals surface area (Å²) in [7, 11) is 0. The number of furan rings is 1. The second kappa shape index (κ2) is 14.1. The first-order valence-electron chi connectivity index (χ1n) is 21.3. The molecule has 2 heterocycles. The summed E-state index contributed by atoms with van der Waals surface area (Å²) < 4.78 is 6.22. The van der Waals surface area contributed by atoms with Gasteiger partial charge in [0.25, 0.3) is 0 Å². The van der Waals surface area contributed by atoms with Crippen molar-refractivity contribution >= 4 is 32.7 Å². The second-order valence-corrected chi connectivity index (χ2v) is 17.0. The molecule has 0 saturated heterocycles. The summed E-state index contributed by atoms with van der Waals surface area (Å²) in [6, 6.07) is 73.8. The van der Waals surface area contributed by atoms with E-state index in [0.717, 1.165) is 77.8 Å². The molecular weight excluding hydrogens is 753 g/mol. The highest BCUT2D eigenvalue weighted by atomic mass is 16.3. The fourth-order valence-electron chi connectivity index (χ4n) is 9.66. The maximum Gasteiger partial charge on any atom is 0.160 e. The summed E-state index contributed by atoms with van der Waals surface area (Å²) in [6.45, 7) is 4.71. The van der Waals surface area contributed by atoms with Crippen LogP contribution < -0.4 is 0 Å². The fraction of sp³-hybridized carbons (Fsp3) is 0.0508. The standard InChI is InChI=1S/C59H40N2O/c1-59(2)51-25-14-24-47(57(51)50-34-39-19-9-10-20-40(39)35-52(50)59)42-21-13-22-43(29-42)53-36-54(61-58(60-53)38-17-7-4-8-18-38)46-31-44(37-15-5-3-6-16-37)30-45(32-46)41-27-28-56-49(33-41)48-23-11-12-26-55(48)62-56/h3-36H,1-2H3. The normalized spacial score (nSPS) is 12.8. The van der Waals surface area contributed by atoms with Gasteiger partial charge in [0.15, 0.2) is 5.82 Å². The molecule has 12 rings (SSSR count). The molecule has 0 amide bonds. The Bertz CT molecular complexity index is 3540. The number of para-hydroxylation sites is 1. The fourth-order valence-corrected chi connectivity index (χ4v) is 9.66. The molecule has 0 N–H and O–H groups in total. The van der Waals surface area contributed by atoms with Gasteiger partial charge in [-0.2, -0.15) is 0 Å². The predicted octanol–water partition coefficient (Wildman–Crippen LogP) is 15.8. The van der Waals surface area contributed by atoms with Crippen molar-refractivity contribution in [2.45, 2.75) is 19.3 Å². The zero-order chi connectivity index (χ0) is 41.4. The van der Waals surface area contributed by atoms with Gasteiger partial charge in [-0.3, -0.25) is 0 Å². The molecule has 3 heteroatoms. The van der Waals surface area contributed by atoms with Gasteiger partial charge in [-0.1, -0.05) is 159 Å². The van der Waals surface area contributed by atoms with E-state index in [1.165, 1.54) is 38.6 Å². The third kappa shape index (κ3) is 5.96. The summed E-state index contributed by atoms with van der Waals surface area (Å²) in [5, 5.41) is 4.75. The van der Waals surface area contributed by atoms with Gasteiger partial charge in [-0.15, -0.1) is 0 Å². The van der Waals surface area contributed by atoms with Crippen LogP contribution in [0.5, 0.6) is 0 Å². The number of nitrogens with zero attached hydrogens (tertiary/aromatic N) is 2. The summed E-state index contributed by atoms with van der Waals surface area (Å²) in [4.78, 5) is 10.6. The molecule has 292 valence electrons. The van der Waals surface area contributed by atoms with E-state index in [9.17, 15) is 0 Å². The molecule has 0 aliphatic heterocycles. The van der Waals surface area contributed by atoms with Crippen LogP contribution in [0.15, 0.2) is 211 Å². The smallest absolute Gasteiger partial charge is 0.160 e. The lowest BCUT2D eigenvalue weighted by molar-refractivity contribution is 0.661. The average molecular weight is 793 g/mol. The third-order valence-electron chi connectivity index (χ3n) is 12.8. The molecule has 3 nitrogen and oxygen atoms in total. The van der Waals surface area contributed by atoms with E-state index in [4.69, 9.17) is 14.4 Å². The molecule has 1 aliphatic rings. The number of aromatic nitrogens is 2. The van der Waals surface area contributed by atoms with Crippen LogP contribution in [-0.4, -0.2) is 9.97 Å². The van der Waals surface area contributed by atoms with Gasteiger partial charge in [0.1, 0.15) is 11.2 Å². The van der Waals surface area contributed by atoms with E-state index >= 15 is 0 Å². The molecule has 1 aliphatic carbocycles. The molecule has 0 saturated carbocycles. The van der Waals surface area contributed by atoms with Crippen LogP contribution in [-0.2, 0) is 5.41 Å². The van der Waals surface area contributed by atoms with Crippen molar-refractivity contribution in [2.24, 2.45) is 0 Å². The molecule has 9 aromatic carbocycles. The van der Waals surface area contributed by atoms with Crippen LogP contribution in [0.4, 0.5) is 0 Å². The quantitative estimate of drug-likeness (QED) is 0.168. The monoisotopic (exact) mass is 792 g/mol. The largest absolute Gasteiger partial charge is 0.456 e. The summed E-state index contributed by atoms with van der Waals surface area (Å²) in [5.74, 6) is 0.685. The predicted molar refractivity (Wildman–Crippen MR) is 257 cm³/mol. The molecule has 11 aromatic rings. The minimum atomic E-state index is -0.125. The Kier molecular flexibility index (Phi) is 8.20. The Balaban J connectivity index is 1.03. The Morgan fingerprint density at radius 2 is 0.952 bits per heavy atom. The van der Waals surface area contributed by atoms with Gasteiger partial charge in [0.2, 0.25) is 0 Å². The van der Waals surface area contributed by atoms with Crippen LogP contribution in [0.2, 0.25) is 0 Å². The lowest BCUT2D eigenvalue weighted by Gasteiger charge is -2.22. The Labute approximate surface area is 360 Å². The van der Waals surface area contributed by atoms with E-state index in [1.807, 2.05) is 30.3 Å². The number of hydrogen-bond donors (Lipinski definition) is 0. The minimum Gasteiger partial charge on any atom is -0.456 e. The summed E-state index contributed by atoms with van der Waals surface area (Å²) >= 11 is 0. The first-order chi connectivity index (χ1) is 30.4. The Morgan fingerprint density at radius 3 is 1.76 bits per heavy atom. The number of hydrogen-bond acceptors (Lipinski definition) is 3. The van der Waals surface area contributed by atoms with E-state index < -0.39 is 0 Å². The van der Waals surface area contributed by atoms with Crippen molar-refractivity contribution in [3.8, 4) is 78.4 Å². The zero-order valence-corrected chi connectivity index (χ0v) is 34.4. The van der Waals surface area contributed by atoms with Gasteiger partial charge >= 0.3 is 0 Å². The van der Waals surface area contributed by atoms with Crippen LogP contribution in [0.1, 0.15) is 25.0 Å². The molecule has 2 aromatic heterocycles. The first kappa shape index (κ1) is 36.0. The van der Waals surface area contributed by atoms with Gasteiger partial charge in [-0.05, 0) is 127 Å². The molecule has 0 spiro atoms. The van der Waals surface area contributed by atoms with E-state index in [0.29, 0.717) is 5.82 Å². The number of fused-ring (bicyclic) bond motifs is 7. The highest BCUT2D eigenvalue weighted by Gasteiger charge is 2.37. The van der Waals surface area contributed by atoms with Crippen LogP contribution >= 0.6 is 0 Å². The van der Waals surface area contributed by atoms with Crippen molar-refractivity contribution in [3.05, 3.63) is 217 Å². The first-order valence-corrected chi connectivity index (χ1v) is 21.3. The molecule has 0 atom stereocenters. The minimum absolute atomic E-state index is 0.125. The van der Waals surface area contributed by atoms with E-state index in [1.54, 1.807) is 0 Å². The SMILES string of the molecule is CC1(C)c2cc3ccccc3cc2-c2c(-c3cccc(-c4cc(-c5cc(-c6ccccc6)cc(-c6ccc7oc8ccccc8c7c6)c5)nc(-c5ccccc5)n4)c3)cccc21. The molecule has 0 radical (unpaired) electrons. The van der Waals surface area contributed by atoms with Crippen molar-refractivity contribution < 1.29 is 4.42 Å². The number of rotatable bonds is 6. The van der Waals surface area contributed by atoms with Gasteiger partial charge < -0.3 is 4.42 Å². The van der Waals surface area contributed by atoms with Crippen LogP contribution in [0.25, 0.3) is 111 Å². The Morgan fingerprint density at radius 1 is 0.355 bits per heavy atom. The lowest BCUT2D eigenvalue weighted by Crippen LogP contribution is -2.14. The van der Waals surface area contributed by atoms with Gasteiger partial charge in [0.05, 0.1) is 11.4 Å². The third-order valence-corrected chi connectivity index (χ3v) is 12.8. The number of benzene rings is 9. The van der Waals surface area contributed by atoms with Gasteiger partial charge in [0, 0.05) is 32.9 Å². The maximum absolute atomic E-state index is 6.22. The summed E-state index contributed by atoms with van der Waals surface area (Å²) in [5.41, 5.74) is 18.6. The van der Waals surface area contributed by atoms with Crippen LogP contribution in [0.3, 0.4) is 0 Å². The zero-order valence-electron chi connectivity index (χ0n) is 34.4. The summed E-state index contributed by atoms with van der Waals surface area (Å²) in [6.07, 6.45) is 0.